The summed E-state index contributed by atoms with van der Waals surface area (Å²) in [6.07, 6.45) is 0. The number of hydrogen-bond acceptors (Lipinski definition) is 4. The van der Waals surface area contributed by atoms with Crippen molar-refractivity contribution in [2.24, 2.45) is 17.6 Å². The molecule has 5 heteroatoms. The Balaban J connectivity index is 2.73. The van der Waals surface area contributed by atoms with Gasteiger partial charge in [0.2, 0.25) is 5.91 Å². The van der Waals surface area contributed by atoms with Crippen LogP contribution in [-0.4, -0.2) is 17.4 Å². The van der Waals surface area contributed by atoms with Gasteiger partial charge in [-0.1, -0.05) is 13.8 Å². The summed E-state index contributed by atoms with van der Waals surface area (Å²) in [5.74, 6) is 0.165. The summed E-state index contributed by atoms with van der Waals surface area (Å²) >= 11 is 1.64. The first-order chi connectivity index (χ1) is 8.36. The van der Waals surface area contributed by atoms with E-state index in [1.807, 2.05) is 34.6 Å². The molecule has 0 aliphatic carbocycles. The van der Waals surface area contributed by atoms with Gasteiger partial charge in [-0.3, -0.25) is 4.79 Å². The van der Waals surface area contributed by atoms with Crippen molar-refractivity contribution in [3.63, 3.8) is 0 Å². The third-order valence-electron chi connectivity index (χ3n) is 3.09. The van der Waals surface area contributed by atoms with Gasteiger partial charge in [0.1, 0.15) is 0 Å². The van der Waals surface area contributed by atoms with Crippen molar-refractivity contribution in [1.29, 1.82) is 0 Å². The minimum atomic E-state index is -0.123. The molecule has 1 aromatic rings. The molecule has 0 saturated carbocycles. The van der Waals surface area contributed by atoms with Crippen molar-refractivity contribution in [3.8, 4) is 0 Å². The van der Waals surface area contributed by atoms with Gasteiger partial charge in [-0.05, 0) is 26.7 Å². The van der Waals surface area contributed by atoms with Crippen LogP contribution in [0.15, 0.2) is 0 Å². The first-order valence-corrected chi connectivity index (χ1v) is 7.12. The van der Waals surface area contributed by atoms with Crippen LogP contribution in [0.2, 0.25) is 0 Å². The molecule has 1 rings (SSSR count). The molecule has 18 heavy (non-hydrogen) atoms. The molecule has 0 bridgehead atoms. The molecule has 1 aromatic heterocycles. The summed E-state index contributed by atoms with van der Waals surface area (Å²) in [5.41, 5.74) is 6.65. The van der Waals surface area contributed by atoms with E-state index in [0.717, 1.165) is 15.6 Å². The van der Waals surface area contributed by atoms with E-state index in [-0.39, 0.29) is 23.8 Å². The molecule has 0 radical (unpaired) electrons. The predicted molar refractivity (Wildman–Crippen MR) is 75.5 cm³/mol. The zero-order valence-corrected chi connectivity index (χ0v) is 12.6. The van der Waals surface area contributed by atoms with Gasteiger partial charge in [0.05, 0.1) is 22.7 Å². The summed E-state index contributed by atoms with van der Waals surface area (Å²) in [5, 5.41) is 4.06. The van der Waals surface area contributed by atoms with Crippen LogP contribution >= 0.6 is 11.3 Å². The number of nitrogens with zero attached hydrogens (tertiary/aromatic N) is 1. The van der Waals surface area contributed by atoms with Gasteiger partial charge in [0, 0.05) is 11.4 Å². The fourth-order valence-corrected chi connectivity index (χ4v) is 2.95. The molecule has 0 aliphatic rings. The Kier molecular flexibility index (Phi) is 5.28. The molecular weight excluding hydrogens is 246 g/mol. The molecule has 0 aromatic carbocycles. The van der Waals surface area contributed by atoms with Gasteiger partial charge in [-0.15, -0.1) is 11.3 Å². The Bertz CT molecular complexity index is 414. The highest BCUT2D eigenvalue weighted by atomic mass is 32.1. The molecule has 0 saturated heterocycles. The van der Waals surface area contributed by atoms with E-state index in [9.17, 15) is 4.79 Å². The quantitative estimate of drug-likeness (QED) is 0.861. The largest absolute Gasteiger partial charge is 0.348 e. The Morgan fingerprint density at radius 2 is 2.00 bits per heavy atom. The van der Waals surface area contributed by atoms with Crippen molar-refractivity contribution in [3.05, 3.63) is 15.6 Å². The lowest BCUT2D eigenvalue weighted by molar-refractivity contribution is -0.126. The van der Waals surface area contributed by atoms with Crippen LogP contribution in [0.5, 0.6) is 0 Å². The Labute approximate surface area is 113 Å². The summed E-state index contributed by atoms with van der Waals surface area (Å²) in [6.45, 7) is 10.4. The standard InChI is InChI=1S/C13H23N3OS/c1-7(2)11(6-14)13(17)16-9(4)12-8(3)15-10(5)18-12/h7,9,11H,6,14H2,1-5H3,(H,16,17). The molecule has 2 unspecified atom stereocenters. The number of thiazole rings is 1. The van der Waals surface area contributed by atoms with Crippen LogP contribution in [0.3, 0.4) is 0 Å². The van der Waals surface area contributed by atoms with Crippen LogP contribution in [0, 0.1) is 25.7 Å². The number of amides is 1. The number of rotatable bonds is 5. The third-order valence-corrected chi connectivity index (χ3v) is 4.34. The van der Waals surface area contributed by atoms with Crippen LogP contribution in [0.4, 0.5) is 0 Å². The lowest BCUT2D eigenvalue weighted by Crippen LogP contribution is -2.39. The lowest BCUT2D eigenvalue weighted by atomic mass is 9.95. The molecule has 3 N–H and O–H groups in total. The molecule has 2 atom stereocenters. The third kappa shape index (κ3) is 3.53. The highest BCUT2D eigenvalue weighted by Gasteiger charge is 2.23. The number of aromatic nitrogens is 1. The molecule has 0 fully saturated rings. The number of aryl methyl sites for hydroxylation is 2. The summed E-state index contributed by atoms with van der Waals surface area (Å²) in [4.78, 5) is 17.6. The van der Waals surface area contributed by atoms with Crippen molar-refractivity contribution in [1.82, 2.24) is 10.3 Å². The summed E-state index contributed by atoms with van der Waals surface area (Å²) < 4.78 is 0. The lowest BCUT2D eigenvalue weighted by Gasteiger charge is -2.21. The highest BCUT2D eigenvalue weighted by molar-refractivity contribution is 7.11. The fourth-order valence-electron chi connectivity index (χ4n) is 2.02. The Morgan fingerprint density at radius 1 is 1.39 bits per heavy atom. The molecule has 102 valence electrons. The number of carbonyl (C=O) groups excluding carboxylic acids is 1. The summed E-state index contributed by atoms with van der Waals surface area (Å²) in [6, 6.07) is -0.00324. The number of nitrogens with two attached hydrogens (primary N) is 1. The minimum Gasteiger partial charge on any atom is -0.348 e. The van der Waals surface area contributed by atoms with Gasteiger partial charge in [-0.2, -0.15) is 0 Å². The van der Waals surface area contributed by atoms with Crippen LogP contribution < -0.4 is 11.1 Å². The molecule has 4 nitrogen and oxygen atoms in total. The SMILES string of the molecule is Cc1nc(C)c(C(C)NC(=O)C(CN)C(C)C)s1. The van der Waals surface area contributed by atoms with Crippen LogP contribution in [0.25, 0.3) is 0 Å². The van der Waals surface area contributed by atoms with Crippen LogP contribution in [0.1, 0.15) is 42.4 Å². The van der Waals surface area contributed by atoms with E-state index in [1.54, 1.807) is 11.3 Å². The van der Waals surface area contributed by atoms with Gasteiger partial charge in [-0.25, -0.2) is 4.98 Å². The second-order valence-electron chi connectivity index (χ2n) is 5.00. The van der Waals surface area contributed by atoms with E-state index in [2.05, 4.69) is 10.3 Å². The van der Waals surface area contributed by atoms with Gasteiger partial charge >= 0.3 is 0 Å². The van der Waals surface area contributed by atoms with Crippen molar-refractivity contribution in [2.75, 3.05) is 6.54 Å². The van der Waals surface area contributed by atoms with Gasteiger partial charge in [0.15, 0.2) is 0 Å². The van der Waals surface area contributed by atoms with E-state index in [1.165, 1.54) is 0 Å². The number of hydrogen-bond donors (Lipinski definition) is 2. The van der Waals surface area contributed by atoms with Gasteiger partial charge in [0.25, 0.3) is 0 Å². The average molecular weight is 269 g/mol. The first-order valence-electron chi connectivity index (χ1n) is 6.31. The highest BCUT2D eigenvalue weighted by Crippen LogP contribution is 2.25. The first kappa shape index (κ1) is 15.1. The van der Waals surface area contributed by atoms with Crippen molar-refractivity contribution >= 4 is 17.2 Å². The molecule has 1 heterocycles. The maximum atomic E-state index is 12.1. The fraction of sp³-hybridized carbons (Fsp3) is 0.692. The number of carbonyl (C=O) groups is 1. The normalized spacial score (nSPS) is 14.6. The number of nitrogens with one attached hydrogen (secondary N) is 1. The molecular formula is C13H23N3OS. The minimum absolute atomic E-state index is 0.00324. The topological polar surface area (TPSA) is 68.0 Å². The molecule has 0 aliphatic heterocycles. The van der Waals surface area contributed by atoms with E-state index < -0.39 is 0 Å². The van der Waals surface area contributed by atoms with Crippen LogP contribution in [-0.2, 0) is 4.79 Å². The zero-order valence-electron chi connectivity index (χ0n) is 11.8. The zero-order chi connectivity index (χ0) is 13.9. The second-order valence-corrected chi connectivity index (χ2v) is 6.23. The monoisotopic (exact) mass is 269 g/mol. The van der Waals surface area contributed by atoms with E-state index in [4.69, 9.17) is 5.73 Å². The second kappa shape index (κ2) is 6.29. The molecule has 1 amide bonds. The van der Waals surface area contributed by atoms with E-state index in [0.29, 0.717) is 6.54 Å². The molecule has 0 spiro atoms. The van der Waals surface area contributed by atoms with Gasteiger partial charge < -0.3 is 11.1 Å². The van der Waals surface area contributed by atoms with E-state index >= 15 is 0 Å². The Morgan fingerprint density at radius 3 is 2.39 bits per heavy atom. The predicted octanol–water partition coefficient (Wildman–Crippen LogP) is 2.17. The average Bonchev–Trinajstić information content (AvgIpc) is 2.58. The summed E-state index contributed by atoms with van der Waals surface area (Å²) in [7, 11) is 0. The Hall–Kier alpha value is -0.940. The smallest absolute Gasteiger partial charge is 0.225 e. The maximum absolute atomic E-state index is 12.1. The van der Waals surface area contributed by atoms with Crippen molar-refractivity contribution in [2.45, 2.75) is 40.7 Å². The van der Waals surface area contributed by atoms with Crippen molar-refractivity contribution < 1.29 is 4.79 Å². The maximum Gasteiger partial charge on any atom is 0.225 e.